The summed E-state index contributed by atoms with van der Waals surface area (Å²) in [6.45, 7) is 4.98. The van der Waals surface area contributed by atoms with E-state index in [0.29, 0.717) is 74.2 Å². The number of methoxy groups -OCH3 is 1. The highest BCUT2D eigenvalue weighted by Crippen LogP contribution is 2.42. The van der Waals surface area contributed by atoms with E-state index in [1.54, 1.807) is 48.4 Å². The summed E-state index contributed by atoms with van der Waals surface area (Å²) in [7, 11) is 1.52. The van der Waals surface area contributed by atoms with Crippen LogP contribution >= 0.6 is 0 Å². The monoisotopic (exact) mass is 1030 g/mol. The maximum Gasteiger partial charge on any atom is 0.333 e. The minimum absolute atomic E-state index is 0.00325. The van der Waals surface area contributed by atoms with E-state index in [4.69, 9.17) is 24.0 Å². The number of nitrogens with one attached hydrogen (secondary N) is 1. The van der Waals surface area contributed by atoms with Gasteiger partial charge in [0.25, 0.3) is 23.6 Å². The molecule has 17 heteroatoms. The number of hydrogen-bond donors (Lipinski definition) is 1. The second-order valence-corrected chi connectivity index (χ2v) is 20.1. The number of ketones is 2. The minimum atomic E-state index is -0.932. The number of rotatable bonds is 18. The van der Waals surface area contributed by atoms with E-state index in [2.05, 4.69) is 11.4 Å². The van der Waals surface area contributed by atoms with Crippen LogP contribution in [-0.4, -0.2) is 83.6 Å². The molecule has 5 aliphatic rings. The molecule has 1 saturated heterocycles. The summed E-state index contributed by atoms with van der Waals surface area (Å²) in [5, 5.41) is 3.14. The van der Waals surface area contributed by atoms with Gasteiger partial charge in [0, 0.05) is 85.3 Å². The van der Waals surface area contributed by atoms with Crippen LogP contribution in [0.5, 0.6) is 17.2 Å². The van der Waals surface area contributed by atoms with Crippen molar-refractivity contribution in [2.75, 3.05) is 16.9 Å². The SMILES string of the molecule is COc1cc2c(cc1OCc1cc(COc3cc4c(cc3C)C(=O)N3c5ccccc5C[C@H]3C=N4)cc(C(=O)C[C@@H](C)C(=O)N[C@@H](C)C(=O)CCCC(=O)ON3C(=O)CCC3=O)c1)CC[C@@H]1Cc3ccccc3N1C2=O. The highest BCUT2D eigenvalue weighted by atomic mass is 16.7. The van der Waals surface area contributed by atoms with Gasteiger partial charge in [-0.3, -0.25) is 43.5 Å². The number of ether oxygens (including phenoxy) is 3. The van der Waals surface area contributed by atoms with E-state index in [-0.39, 0.29) is 87.2 Å². The Labute approximate surface area is 439 Å². The number of Topliss-reactive ketones (excluding diaryl/α,β-unsaturated/α-hetero) is 2. The Balaban J connectivity index is 0.844. The van der Waals surface area contributed by atoms with Gasteiger partial charge in [-0.1, -0.05) is 43.3 Å². The van der Waals surface area contributed by atoms with Gasteiger partial charge in [0.2, 0.25) is 5.91 Å². The number of aryl methyl sites for hydroxylation is 2. The highest BCUT2D eigenvalue weighted by Gasteiger charge is 2.39. The zero-order chi connectivity index (χ0) is 53.4. The summed E-state index contributed by atoms with van der Waals surface area (Å²) in [5.41, 5.74) is 8.61. The van der Waals surface area contributed by atoms with E-state index in [1.165, 1.54) is 14.0 Å². The van der Waals surface area contributed by atoms with E-state index in [1.807, 2.05) is 66.4 Å². The number of carbonyl (C=O) groups excluding carboxylic acids is 8. The summed E-state index contributed by atoms with van der Waals surface area (Å²) in [6.07, 6.45) is 4.15. The van der Waals surface area contributed by atoms with Crippen LogP contribution in [0.4, 0.5) is 17.1 Å². The molecule has 0 aliphatic carbocycles. The van der Waals surface area contributed by atoms with E-state index in [9.17, 15) is 38.4 Å². The molecule has 76 heavy (non-hydrogen) atoms. The fourth-order valence-electron chi connectivity index (χ4n) is 10.7. The fraction of sp³-hybridized carbons (Fsp3) is 0.339. The summed E-state index contributed by atoms with van der Waals surface area (Å²) >= 11 is 0. The maximum absolute atomic E-state index is 14.2. The zero-order valence-corrected chi connectivity index (χ0v) is 42.7. The van der Waals surface area contributed by atoms with Gasteiger partial charge in [-0.25, -0.2) is 4.79 Å². The molecule has 0 unspecified atom stereocenters. The summed E-state index contributed by atoms with van der Waals surface area (Å²) in [5.74, 6) is -3.04. The molecule has 10 rings (SSSR count). The lowest BCUT2D eigenvalue weighted by atomic mass is 9.96. The molecular weight excluding hydrogens is 971 g/mol. The molecule has 0 aromatic heterocycles. The van der Waals surface area contributed by atoms with Crippen LogP contribution in [-0.2, 0) is 61.3 Å². The van der Waals surface area contributed by atoms with E-state index >= 15 is 0 Å². The Morgan fingerprint density at radius 3 is 2.08 bits per heavy atom. The number of amides is 5. The minimum Gasteiger partial charge on any atom is -0.493 e. The predicted molar refractivity (Wildman–Crippen MR) is 279 cm³/mol. The van der Waals surface area contributed by atoms with Crippen molar-refractivity contribution in [2.24, 2.45) is 10.9 Å². The van der Waals surface area contributed by atoms with Gasteiger partial charge >= 0.3 is 5.97 Å². The molecule has 390 valence electrons. The lowest BCUT2D eigenvalue weighted by Gasteiger charge is -2.23. The van der Waals surface area contributed by atoms with Crippen LogP contribution in [0.25, 0.3) is 0 Å². The van der Waals surface area contributed by atoms with Crippen molar-refractivity contribution >= 4 is 70.3 Å². The van der Waals surface area contributed by atoms with Gasteiger partial charge in [-0.2, -0.15) is 0 Å². The Kier molecular flexibility index (Phi) is 14.4. The number of hydrogen-bond acceptors (Lipinski definition) is 13. The fourth-order valence-corrected chi connectivity index (χ4v) is 10.7. The number of para-hydroxylation sites is 2. The first-order valence-electron chi connectivity index (χ1n) is 25.7. The molecule has 17 nitrogen and oxygen atoms in total. The predicted octanol–water partition coefficient (Wildman–Crippen LogP) is 8.03. The van der Waals surface area contributed by atoms with E-state index < -0.39 is 35.7 Å². The maximum atomic E-state index is 14.2. The average Bonchev–Trinajstić information content (AvgIpc) is 4.03. The van der Waals surface area contributed by atoms with Crippen molar-refractivity contribution in [3.8, 4) is 17.2 Å². The third-order valence-corrected chi connectivity index (χ3v) is 14.7. The van der Waals surface area contributed by atoms with Gasteiger partial charge in [0.05, 0.1) is 30.4 Å². The molecule has 4 atom stereocenters. The summed E-state index contributed by atoms with van der Waals surface area (Å²) in [6, 6.07) is 27.1. The summed E-state index contributed by atoms with van der Waals surface area (Å²) in [4.78, 5) is 118. The first-order chi connectivity index (χ1) is 36.6. The molecule has 0 spiro atoms. The van der Waals surface area contributed by atoms with Crippen LogP contribution in [0.15, 0.2) is 96.0 Å². The van der Waals surface area contributed by atoms with Crippen LogP contribution < -0.4 is 29.3 Å². The van der Waals surface area contributed by atoms with Crippen LogP contribution in [0.1, 0.15) is 123 Å². The molecule has 5 aromatic carbocycles. The lowest BCUT2D eigenvalue weighted by molar-refractivity contribution is -0.197. The normalized spacial score (nSPS) is 17.8. The third kappa shape index (κ3) is 10.3. The van der Waals surface area contributed by atoms with Crippen molar-refractivity contribution < 1.29 is 57.4 Å². The number of carbonyl (C=O) groups is 8. The molecule has 5 amide bonds. The molecule has 5 aliphatic heterocycles. The van der Waals surface area contributed by atoms with Crippen molar-refractivity contribution in [2.45, 2.75) is 116 Å². The molecule has 5 aromatic rings. The Morgan fingerprint density at radius 2 is 1.37 bits per heavy atom. The van der Waals surface area contributed by atoms with Gasteiger partial charge in [0.1, 0.15) is 19.0 Å². The number of anilines is 2. The smallest absolute Gasteiger partial charge is 0.333 e. The van der Waals surface area contributed by atoms with Gasteiger partial charge in [-0.05, 0) is 121 Å². The standard InChI is InChI=1S/C59H57N5O12/c1-33-20-45-46(60-30-43-26-40-11-6-8-13-48(40)63(43)59(45)72)29-51(33)74-31-36-22-37(32-75-53-27-38-16-17-42-25-39-10-5-7-12-47(39)62(42)58(71)44(38)28-52(53)73-4)24-41(23-36)50(66)21-34(2)57(70)61-35(3)49(65)14-9-15-56(69)76-64-54(67)18-19-55(64)68/h5-8,10-13,20,22-24,27-30,34-35,42-43H,9,14-19,21,25-26,31-32H2,1-4H3,(H,61,70)/t34-,35+,42-,43+/m1/s1. The number of aliphatic imine (C=N–C) groups is 1. The van der Waals surface area contributed by atoms with Crippen LogP contribution in [0, 0.1) is 12.8 Å². The Morgan fingerprint density at radius 1 is 0.711 bits per heavy atom. The molecular formula is C59H57N5O12. The average molecular weight is 1030 g/mol. The number of nitrogens with zero attached hydrogens (tertiary/aromatic N) is 4. The molecule has 0 radical (unpaired) electrons. The van der Waals surface area contributed by atoms with Crippen molar-refractivity contribution in [1.29, 1.82) is 0 Å². The molecule has 1 N–H and O–H groups in total. The van der Waals surface area contributed by atoms with Gasteiger partial charge in [-0.15, -0.1) is 5.06 Å². The van der Waals surface area contributed by atoms with Gasteiger partial charge in [0.15, 0.2) is 23.1 Å². The first kappa shape index (κ1) is 51.0. The quantitative estimate of drug-likeness (QED) is 0.0654. The largest absolute Gasteiger partial charge is 0.493 e. The Bertz CT molecular complexity index is 3260. The number of fused-ring (bicyclic) bond motifs is 8. The van der Waals surface area contributed by atoms with E-state index in [0.717, 1.165) is 40.9 Å². The van der Waals surface area contributed by atoms with Crippen LogP contribution in [0.3, 0.4) is 0 Å². The van der Waals surface area contributed by atoms with Crippen LogP contribution in [0.2, 0.25) is 0 Å². The first-order valence-corrected chi connectivity index (χ1v) is 25.7. The highest BCUT2D eigenvalue weighted by molar-refractivity contribution is 6.15. The second kappa shape index (κ2) is 21.4. The van der Waals surface area contributed by atoms with Crippen molar-refractivity contribution in [1.82, 2.24) is 10.4 Å². The lowest BCUT2D eigenvalue weighted by Crippen LogP contribution is -2.41. The molecule has 1 fully saturated rings. The third-order valence-electron chi connectivity index (χ3n) is 14.7. The zero-order valence-electron chi connectivity index (χ0n) is 42.7. The number of benzene rings is 5. The molecule has 0 bridgehead atoms. The second-order valence-electron chi connectivity index (χ2n) is 20.1. The van der Waals surface area contributed by atoms with Crippen molar-refractivity contribution in [3.63, 3.8) is 0 Å². The Hall–Kier alpha value is -8.47. The molecule has 0 saturated carbocycles. The number of imide groups is 1. The van der Waals surface area contributed by atoms with Crippen molar-refractivity contribution in [3.05, 3.63) is 141 Å². The number of hydroxylamine groups is 2. The topological polar surface area (TPSA) is 208 Å². The summed E-state index contributed by atoms with van der Waals surface area (Å²) < 4.78 is 18.7. The van der Waals surface area contributed by atoms with Gasteiger partial charge < -0.3 is 29.3 Å². The molecule has 5 heterocycles.